The lowest BCUT2D eigenvalue weighted by atomic mass is 9.84. The summed E-state index contributed by atoms with van der Waals surface area (Å²) in [6, 6.07) is 53.5. The first-order chi connectivity index (χ1) is 27.8. The smallest absolute Gasteiger partial charge is 0.149 e. The van der Waals surface area contributed by atoms with Crippen molar-refractivity contribution in [1.29, 1.82) is 0 Å². The SMILES string of the molecule is c1ccc(-c2ccc3c(c2)c2cc(-c4ccccc4)ccc2n3-c2ccc3c(c2)c2c(C4CCCCC4)nc(C4CCCCC4)nc2n3-c2ccccc2)cc1. The van der Waals surface area contributed by atoms with E-state index in [0.29, 0.717) is 11.8 Å². The number of hydrogen-bond donors (Lipinski definition) is 0. The molecule has 0 spiro atoms. The van der Waals surface area contributed by atoms with Crippen LogP contribution in [-0.2, 0) is 0 Å². The molecule has 4 nitrogen and oxygen atoms in total. The minimum Gasteiger partial charge on any atom is -0.309 e. The molecule has 274 valence electrons. The van der Waals surface area contributed by atoms with E-state index in [4.69, 9.17) is 9.97 Å². The molecule has 0 bridgehead atoms. The molecule has 4 heteroatoms. The Kier molecular flexibility index (Phi) is 8.30. The monoisotopic (exact) mass is 726 g/mol. The second-order valence-electron chi connectivity index (χ2n) is 16.2. The summed E-state index contributed by atoms with van der Waals surface area (Å²) in [6.07, 6.45) is 12.5. The summed E-state index contributed by atoms with van der Waals surface area (Å²) in [6.45, 7) is 0. The van der Waals surface area contributed by atoms with Gasteiger partial charge in [-0.1, -0.05) is 130 Å². The average Bonchev–Trinajstić information content (AvgIpc) is 3.79. The Morgan fingerprint density at radius 1 is 0.393 bits per heavy atom. The molecule has 6 aromatic carbocycles. The largest absolute Gasteiger partial charge is 0.309 e. The fraction of sp³-hybridized carbons (Fsp3) is 0.231. The first kappa shape index (κ1) is 33.3. The van der Waals surface area contributed by atoms with Crippen LogP contribution in [0.2, 0.25) is 0 Å². The zero-order valence-corrected chi connectivity index (χ0v) is 31.9. The lowest BCUT2D eigenvalue weighted by molar-refractivity contribution is 0.417. The maximum Gasteiger partial charge on any atom is 0.149 e. The van der Waals surface area contributed by atoms with E-state index in [1.54, 1.807) is 0 Å². The highest BCUT2D eigenvalue weighted by Crippen LogP contribution is 2.44. The van der Waals surface area contributed by atoms with Gasteiger partial charge in [0.2, 0.25) is 0 Å². The summed E-state index contributed by atoms with van der Waals surface area (Å²) in [5.74, 6) is 1.97. The third-order valence-electron chi connectivity index (χ3n) is 12.9. The maximum absolute atomic E-state index is 5.64. The molecule has 3 heterocycles. The lowest BCUT2D eigenvalue weighted by Gasteiger charge is -2.25. The van der Waals surface area contributed by atoms with Crippen molar-refractivity contribution in [2.24, 2.45) is 0 Å². The van der Waals surface area contributed by atoms with Gasteiger partial charge in [0.05, 0.1) is 22.2 Å². The van der Waals surface area contributed by atoms with Crippen LogP contribution < -0.4 is 0 Å². The van der Waals surface area contributed by atoms with Gasteiger partial charge in [-0.2, -0.15) is 0 Å². The fourth-order valence-electron chi connectivity index (χ4n) is 10.1. The van der Waals surface area contributed by atoms with Gasteiger partial charge in [0.1, 0.15) is 11.5 Å². The van der Waals surface area contributed by atoms with E-state index in [1.165, 1.54) is 130 Å². The minimum atomic E-state index is 0.437. The molecule has 0 saturated heterocycles. The van der Waals surface area contributed by atoms with Crippen LogP contribution in [0.1, 0.15) is 87.6 Å². The summed E-state index contributed by atoms with van der Waals surface area (Å²) in [5, 5.41) is 5.01. The van der Waals surface area contributed by atoms with Crippen molar-refractivity contribution in [1.82, 2.24) is 19.1 Å². The number of rotatable bonds is 6. The van der Waals surface area contributed by atoms with Crippen molar-refractivity contribution in [2.45, 2.75) is 76.0 Å². The number of hydrogen-bond acceptors (Lipinski definition) is 2. The molecule has 2 aliphatic rings. The van der Waals surface area contributed by atoms with E-state index in [0.717, 1.165) is 22.8 Å². The molecule has 0 atom stereocenters. The molecule has 3 aromatic heterocycles. The number of aromatic nitrogens is 4. The normalized spacial score (nSPS) is 15.7. The van der Waals surface area contributed by atoms with Crippen molar-refractivity contribution < 1.29 is 0 Å². The van der Waals surface area contributed by atoms with E-state index in [9.17, 15) is 0 Å². The van der Waals surface area contributed by atoms with Crippen LogP contribution in [0.5, 0.6) is 0 Å². The van der Waals surface area contributed by atoms with Gasteiger partial charge in [0, 0.05) is 44.8 Å². The van der Waals surface area contributed by atoms with E-state index < -0.39 is 0 Å². The Hall–Kier alpha value is -6.00. The van der Waals surface area contributed by atoms with Gasteiger partial charge in [-0.15, -0.1) is 0 Å². The van der Waals surface area contributed by atoms with Crippen LogP contribution >= 0.6 is 0 Å². The van der Waals surface area contributed by atoms with Gasteiger partial charge in [-0.05, 0) is 103 Å². The predicted octanol–water partition coefficient (Wildman–Crippen LogP) is 14.1. The summed E-state index contributed by atoms with van der Waals surface area (Å²) in [4.78, 5) is 11.2. The Morgan fingerprint density at radius 3 is 1.50 bits per heavy atom. The lowest BCUT2D eigenvalue weighted by Crippen LogP contribution is -2.14. The van der Waals surface area contributed by atoms with E-state index >= 15 is 0 Å². The van der Waals surface area contributed by atoms with Crippen LogP contribution in [0.3, 0.4) is 0 Å². The molecule has 2 saturated carbocycles. The maximum atomic E-state index is 5.64. The second kappa shape index (κ2) is 13.9. The molecule has 0 amide bonds. The third-order valence-corrected chi connectivity index (χ3v) is 12.9. The number of benzene rings is 6. The van der Waals surface area contributed by atoms with Crippen LogP contribution in [-0.4, -0.2) is 19.1 Å². The van der Waals surface area contributed by atoms with E-state index in [2.05, 4.69) is 155 Å². The van der Waals surface area contributed by atoms with Crippen LogP contribution in [0.25, 0.3) is 77.4 Å². The molecule has 56 heavy (non-hydrogen) atoms. The van der Waals surface area contributed by atoms with E-state index in [1.807, 2.05) is 0 Å². The van der Waals surface area contributed by atoms with Gasteiger partial charge < -0.3 is 4.57 Å². The van der Waals surface area contributed by atoms with Crippen LogP contribution in [0.4, 0.5) is 0 Å². The van der Waals surface area contributed by atoms with Crippen molar-refractivity contribution >= 4 is 43.7 Å². The van der Waals surface area contributed by atoms with Gasteiger partial charge in [0.25, 0.3) is 0 Å². The van der Waals surface area contributed by atoms with Crippen LogP contribution in [0.15, 0.2) is 146 Å². The number of nitrogens with zero attached hydrogens (tertiary/aromatic N) is 4. The van der Waals surface area contributed by atoms with Crippen molar-refractivity contribution in [2.75, 3.05) is 0 Å². The van der Waals surface area contributed by atoms with Crippen molar-refractivity contribution in [3.8, 4) is 33.6 Å². The highest BCUT2D eigenvalue weighted by Gasteiger charge is 2.28. The zero-order valence-electron chi connectivity index (χ0n) is 31.9. The molecule has 2 aliphatic carbocycles. The quantitative estimate of drug-likeness (QED) is 0.171. The van der Waals surface area contributed by atoms with Crippen molar-refractivity contribution in [3.63, 3.8) is 0 Å². The summed E-state index contributed by atoms with van der Waals surface area (Å²) < 4.78 is 4.91. The molecule has 0 radical (unpaired) electrons. The van der Waals surface area contributed by atoms with Gasteiger partial charge in [-0.25, -0.2) is 9.97 Å². The number of para-hydroxylation sites is 1. The molecule has 0 unspecified atom stereocenters. The highest BCUT2D eigenvalue weighted by molar-refractivity contribution is 6.13. The Morgan fingerprint density at radius 2 is 0.911 bits per heavy atom. The number of fused-ring (bicyclic) bond motifs is 6. The fourth-order valence-corrected chi connectivity index (χ4v) is 10.1. The molecule has 11 rings (SSSR count). The Balaban J connectivity index is 1.19. The average molecular weight is 727 g/mol. The zero-order chi connectivity index (χ0) is 37.0. The summed E-state index contributed by atoms with van der Waals surface area (Å²) in [7, 11) is 0. The molecule has 0 aliphatic heterocycles. The Bertz CT molecular complexity index is 2760. The highest BCUT2D eigenvalue weighted by atomic mass is 15.1. The first-order valence-electron chi connectivity index (χ1n) is 20.9. The second-order valence-corrected chi connectivity index (χ2v) is 16.2. The van der Waals surface area contributed by atoms with Gasteiger partial charge in [-0.3, -0.25) is 4.57 Å². The molecule has 9 aromatic rings. The molecular weight excluding hydrogens is 681 g/mol. The summed E-state index contributed by atoms with van der Waals surface area (Å²) in [5.41, 5.74) is 13.2. The third kappa shape index (κ3) is 5.65. The van der Waals surface area contributed by atoms with Crippen LogP contribution in [0, 0.1) is 0 Å². The Labute approximate surface area is 328 Å². The molecule has 2 fully saturated rings. The van der Waals surface area contributed by atoms with Crippen molar-refractivity contribution in [3.05, 3.63) is 157 Å². The molecule has 0 N–H and O–H groups in total. The molecular formula is C52H46N4. The van der Waals surface area contributed by atoms with Gasteiger partial charge >= 0.3 is 0 Å². The van der Waals surface area contributed by atoms with E-state index in [-0.39, 0.29) is 0 Å². The minimum absolute atomic E-state index is 0.437. The predicted molar refractivity (Wildman–Crippen MR) is 233 cm³/mol. The summed E-state index contributed by atoms with van der Waals surface area (Å²) >= 11 is 0. The topological polar surface area (TPSA) is 35.6 Å². The van der Waals surface area contributed by atoms with Gasteiger partial charge in [0.15, 0.2) is 0 Å². The first-order valence-corrected chi connectivity index (χ1v) is 20.9. The standard InChI is InChI=1S/C52H46N4/c1-6-16-35(17-7-1)39-26-29-46-43(32-39)44-33-40(36-18-8-2-9-19-36)27-30-47(44)55(46)42-28-31-48-45(34-42)49-50(37-20-10-3-11-21-37)53-51(38-22-12-4-13-23-38)54-52(49)56(48)41-24-14-5-15-25-41/h1-2,5-9,14-19,24-34,37-38H,3-4,10-13,20-23H2.